The molecule has 0 bridgehead atoms. The first-order valence-corrected chi connectivity index (χ1v) is 6.14. The monoisotopic (exact) mass is 261 g/mol. The first kappa shape index (κ1) is 12.7. The molecule has 0 unspecified atom stereocenters. The molecule has 0 amide bonds. The van der Waals surface area contributed by atoms with Crippen LogP contribution in [0, 0.1) is 0 Å². The first-order valence-electron chi connectivity index (χ1n) is 5.76. The van der Waals surface area contributed by atoms with E-state index >= 15 is 0 Å². The van der Waals surface area contributed by atoms with Crippen LogP contribution in [0.4, 0.5) is 0 Å². The number of halogens is 1. The highest BCUT2D eigenvalue weighted by Gasteiger charge is 2.20. The molecular weight excluding hydrogens is 246 g/mol. The topological polar surface area (TPSA) is 27.3 Å². The molecule has 1 aromatic rings. The highest BCUT2D eigenvalue weighted by molar-refractivity contribution is 6.30. The van der Waals surface area contributed by atoms with E-state index in [1.165, 1.54) is 0 Å². The number of allylic oxidation sites excluding steroid dienone is 1. The van der Waals surface area contributed by atoms with Crippen LogP contribution in [-0.2, 0) is 0 Å². The third-order valence-corrected chi connectivity index (χ3v) is 2.96. The number of nitrogens with one attached hydrogen (secondary N) is 2. The summed E-state index contributed by atoms with van der Waals surface area (Å²) in [6.45, 7) is 8.28. The molecule has 18 heavy (non-hydrogen) atoms. The largest absolute Gasteiger partial charge is 0.301 e. The molecule has 0 spiro atoms. The molecule has 3 nitrogen and oxygen atoms in total. The summed E-state index contributed by atoms with van der Waals surface area (Å²) in [7, 11) is 0. The summed E-state index contributed by atoms with van der Waals surface area (Å²) in [5.74, 6) is 0. The number of benzene rings is 1. The Balaban J connectivity index is 2.35. The Hall–Kier alpha value is -1.71. The number of nitrogens with zero attached hydrogens (tertiary/aromatic N) is 1. The molecule has 0 saturated heterocycles. The van der Waals surface area contributed by atoms with Crippen molar-refractivity contribution < 1.29 is 0 Å². The lowest BCUT2D eigenvalue weighted by Gasteiger charge is -2.17. The number of rotatable bonds is 5. The Morgan fingerprint density at radius 2 is 1.89 bits per heavy atom. The predicted molar refractivity (Wildman–Crippen MR) is 76.4 cm³/mol. The number of hydrogen-bond acceptors (Lipinski definition) is 3. The van der Waals surface area contributed by atoms with Gasteiger partial charge in [0.15, 0.2) is 0 Å². The van der Waals surface area contributed by atoms with E-state index in [-0.39, 0.29) is 0 Å². The van der Waals surface area contributed by atoms with Crippen LogP contribution in [0.15, 0.2) is 55.3 Å². The summed E-state index contributed by atoms with van der Waals surface area (Å²) in [4.78, 5) is 0. The molecule has 94 valence electrons. The fourth-order valence-electron chi connectivity index (χ4n) is 1.89. The Kier molecular flexibility index (Phi) is 4.07. The second-order valence-electron chi connectivity index (χ2n) is 3.96. The second-order valence-corrected chi connectivity index (χ2v) is 4.39. The predicted octanol–water partition coefficient (Wildman–Crippen LogP) is 3.10. The van der Waals surface area contributed by atoms with Crippen molar-refractivity contribution >= 4 is 17.3 Å². The van der Waals surface area contributed by atoms with E-state index < -0.39 is 0 Å². The van der Waals surface area contributed by atoms with Crippen LogP contribution >= 0.6 is 11.6 Å². The highest BCUT2D eigenvalue weighted by atomic mass is 35.5. The lowest BCUT2D eigenvalue weighted by Crippen LogP contribution is -2.37. The molecule has 0 fully saturated rings. The summed E-state index contributed by atoms with van der Waals surface area (Å²) in [5, 5.41) is 2.75. The van der Waals surface area contributed by atoms with Gasteiger partial charge >= 0.3 is 0 Å². The smallest absolute Gasteiger partial charge is 0.0787 e. The van der Waals surface area contributed by atoms with E-state index in [1.54, 1.807) is 0 Å². The van der Waals surface area contributed by atoms with Crippen LogP contribution < -0.4 is 11.0 Å². The fourth-order valence-corrected chi connectivity index (χ4v) is 2.01. The fraction of sp³-hybridized carbons (Fsp3) is 0.143. The quantitative estimate of drug-likeness (QED) is 0.798. The second kappa shape index (κ2) is 5.76. The zero-order valence-corrected chi connectivity index (χ0v) is 10.9. The Morgan fingerprint density at radius 3 is 2.50 bits per heavy atom. The third-order valence-electron chi connectivity index (χ3n) is 2.71. The standard InChI is InChI=1S/C14H16ClN3/c1-3-5-13-14(16-17-18(13)10-4-2)11-6-8-12(15)9-7-11/h3-4,6-9,16-17H,1-2,5,10H2. The average Bonchev–Trinajstić information content (AvgIpc) is 2.75. The summed E-state index contributed by atoms with van der Waals surface area (Å²) in [6.07, 6.45) is 4.52. The van der Waals surface area contributed by atoms with Crippen LogP contribution in [-0.4, -0.2) is 11.6 Å². The molecule has 1 aliphatic rings. The molecular formula is C14H16ClN3. The van der Waals surface area contributed by atoms with Gasteiger partial charge in [-0.25, -0.2) is 0 Å². The normalized spacial score (nSPS) is 14.6. The SMILES string of the molecule is C=CCC1=C(c2ccc(Cl)cc2)NNN1CC=C. The van der Waals surface area contributed by atoms with Crippen LogP contribution in [0.2, 0.25) is 5.02 Å². The van der Waals surface area contributed by atoms with Gasteiger partial charge in [0, 0.05) is 17.0 Å². The molecule has 1 heterocycles. The van der Waals surface area contributed by atoms with Gasteiger partial charge in [0.2, 0.25) is 0 Å². The Morgan fingerprint density at radius 1 is 1.17 bits per heavy atom. The molecule has 1 aromatic carbocycles. The van der Waals surface area contributed by atoms with Gasteiger partial charge in [0.05, 0.1) is 17.9 Å². The van der Waals surface area contributed by atoms with Gasteiger partial charge in [-0.15, -0.1) is 18.7 Å². The minimum absolute atomic E-state index is 0.729. The van der Waals surface area contributed by atoms with E-state index in [0.29, 0.717) is 0 Å². The first-order chi connectivity index (χ1) is 8.76. The number of hydrogen-bond donors (Lipinski definition) is 2. The van der Waals surface area contributed by atoms with Gasteiger partial charge in [0.1, 0.15) is 0 Å². The lowest BCUT2D eigenvalue weighted by molar-refractivity contribution is 0.274. The summed E-state index contributed by atoms with van der Waals surface area (Å²) in [6, 6.07) is 7.75. The van der Waals surface area contributed by atoms with Gasteiger partial charge < -0.3 is 5.43 Å². The van der Waals surface area contributed by atoms with Gasteiger partial charge in [-0.05, 0) is 12.1 Å². The molecule has 0 aliphatic carbocycles. The van der Waals surface area contributed by atoms with E-state index in [4.69, 9.17) is 11.6 Å². The summed E-state index contributed by atoms with van der Waals surface area (Å²) in [5.41, 5.74) is 9.58. The maximum atomic E-state index is 5.90. The molecule has 4 heteroatoms. The third kappa shape index (κ3) is 2.58. The zero-order chi connectivity index (χ0) is 13.0. The summed E-state index contributed by atoms with van der Waals surface area (Å²) < 4.78 is 0. The summed E-state index contributed by atoms with van der Waals surface area (Å²) >= 11 is 5.90. The van der Waals surface area contributed by atoms with Gasteiger partial charge in [-0.1, -0.05) is 35.9 Å². The molecule has 2 rings (SSSR count). The maximum absolute atomic E-state index is 5.90. The van der Waals surface area contributed by atoms with E-state index in [1.807, 2.05) is 41.4 Å². The van der Waals surface area contributed by atoms with Crippen molar-refractivity contribution in [3.8, 4) is 0 Å². The van der Waals surface area contributed by atoms with Crippen LogP contribution in [0.25, 0.3) is 5.70 Å². The highest BCUT2D eigenvalue weighted by Crippen LogP contribution is 2.25. The zero-order valence-electron chi connectivity index (χ0n) is 10.1. The average molecular weight is 262 g/mol. The van der Waals surface area contributed by atoms with Crippen LogP contribution in [0.5, 0.6) is 0 Å². The van der Waals surface area contributed by atoms with Crippen molar-refractivity contribution in [1.82, 2.24) is 16.0 Å². The van der Waals surface area contributed by atoms with Crippen molar-refractivity contribution in [2.24, 2.45) is 0 Å². The Bertz CT molecular complexity index is 476. The molecule has 0 aromatic heterocycles. The Labute approximate surface area is 112 Å². The molecule has 0 saturated carbocycles. The molecule has 0 radical (unpaired) electrons. The van der Waals surface area contributed by atoms with Gasteiger partial charge in [0.25, 0.3) is 0 Å². The van der Waals surface area contributed by atoms with Crippen molar-refractivity contribution in [1.29, 1.82) is 0 Å². The van der Waals surface area contributed by atoms with E-state index in [2.05, 4.69) is 24.1 Å². The lowest BCUT2D eigenvalue weighted by atomic mass is 10.1. The van der Waals surface area contributed by atoms with Crippen molar-refractivity contribution in [2.45, 2.75) is 6.42 Å². The maximum Gasteiger partial charge on any atom is 0.0787 e. The molecule has 2 N–H and O–H groups in total. The minimum atomic E-state index is 0.729. The van der Waals surface area contributed by atoms with Gasteiger partial charge in [-0.2, -0.15) is 0 Å². The van der Waals surface area contributed by atoms with Crippen molar-refractivity contribution in [3.63, 3.8) is 0 Å². The van der Waals surface area contributed by atoms with Crippen LogP contribution in [0.1, 0.15) is 12.0 Å². The van der Waals surface area contributed by atoms with E-state index in [0.717, 1.165) is 34.9 Å². The molecule has 1 aliphatic heterocycles. The minimum Gasteiger partial charge on any atom is -0.301 e. The van der Waals surface area contributed by atoms with Crippen molar-refractivity contribution in [3.05, 3.63) is 65.9 Å². The van der Waals surface area contributed by atoms with Gasteiger partial charge in [-0.3, -0.25) is 5.01 Å². The van der Waals surface area contributed by atoms with E-state index in [9.17, 15) is 0 Å². The number of hydrazine groups is 2. The van der Waals surface area contributed by atoms with Crippen LogP contribution in [0.3, 0.4) is 0 Å². The molecule has 0 atom stereocenters. The van der Waals surface area contributed by atoms with Crippen molar-refractivity contribution in [2.75, 3.05) is 6.54 Å².